The monoisotopic (exact) mass is 528 g/mol. The highest BCUT2D eigenvalue weighted by atomic mass is 127. The minimum Gasteiger partial charge on any atom is -0.354 e. The van der Waals surface area contributed by atoms with Crippen LogP contribution in [0.25, 0.3) is 0 Å². The Labute approximate surface area is 195 Å². The molecule has 0 amide bonds. The van der Waals surface area contributed by atoms with Gasteiger partial charge < -0.3 is 14.8 Å². The van der Waals surface area contributed by atoms with Crippen LogP contribution in [0, 0.1) is 5.92 Å². The molecule has 2 aliphatic heterocycles. The highest BCUT2D eigenvalue weighted by Crippen LogP contribution is 2.29. The van der Waals surface area contributed by atoms with Crippen molar-refractivity contribution in [3.05, 3.63) is 41.1 Å². The molecule has 6 nitrogen and oxygen atoms in total. The van der Waals surface area contributed by atoms with Crippen LogP contribution < -0.4 is 5.32 Å². The number of likely N-dealkylation sites (tertiary alicyclic amines) is 2. The van der Waals surface area contributed by atoms with Crippen LogP contribution in [0.5, 0.6) is 0 Å². The Kier molecular flexibility index (Phi) is 8.37. The van der Waals surface area contributed by atoms with E-state index in [0.717, 1.165) is 25.6 Å². The second-order valence-corrected chi connectivity index (χ2v) is 8.97. The van der Waals surface area contributed by atoms with E-state index < -0.39 is 0 Å². The molecule has 2 aromatic heterocycles. The number of guanidine groups is 1. The lowest BCUT2D eigenvalue weighted by Crippen LogP contribution is -2.50. The summed E-state index contributed by atoms with van der Waals surface area (Å²) in [4.78, 5) is 15.4. The minimum atomic E-state index is 0. The number of nitrogens with one attached hydrogen (secondary N) is 1. The summed E-state index contributed by atoms with van der Waals surface area (Å²) in [5.41, 5.74) is 0. The van der Waals surface area contributed by atoms with Crippen molar-refractivity contribution in [3.63, 3.8) is 0 Å². The van der Waals surface area contributed by atoms with Crippen molar-refractivity contribution in [1.82, 2.24) is 24.7 Å². The van der Waals surface area contributed by atoms with Gasteiger partial charge >= 0.3 is 0 Å². The molecular formula is C21H33IN6S. The maximum Gasteiger partial charge on any atom is 0.193 e. The average Bonchev–Trinajstić information content (AvgIpc) is 3.50. The standard InChI is InChI=1S/C21H32N6S.HI/c1-17-7-11-26(15-19(17)27-12-8-23-16-27)21(22-2)24-14-18(20-6-5-13-28-20)25-9-3-4-10-25;/h5-6,8,12-13,16-19H,3-4,7,9-11,14-15H2,1-2H3,(H,22,24);1H. The van der Waals surface area contributed by atoms with E-state index in [1.807, 2.05) is 30.9 Å². The fourth-order valence-corrected chi connectivity index (χ4v) is 5.42. The third-order valence-electron chi connectivity index (χ3n) is 6.24. The summed E-state index contributed by atoms with van der Waals surface area (Å²) in [6.07, 6.45) is 9.70. The summed E-state index contributed by atoms with van der Waals surface area (Å²) in [7, 11) is 1.91. The predicted octanol–water partition coefficient (Wildman–Crippen LogP) is 3.86. The number of hydrogen-bond acceptors (Lipinski definition) is 4. The van der Waals surface area contributed by atoms with Gasteiger partial charge in [0.25, 0.3) is 0 Å². The second-order valence-electron chi connectivity index (χ2n) is 7.99. The van der Waals surface area contributed by atoms with Crippen molar-refractivity contribution in [2.24, 2.45) is 10.9 Å². The molecular weight excluding hydrogens is 495 g/mol. The zero-order chi connectivity index (χ0) is 19.3. The number of nitrogens with zero attached hydrogens (tertiary/aromatic N) is 5. The number of halogens is 1. The van der Waals surface area contributed by atoms with E-state index in [1.165, 1.54) is 37.2 Å². The van der Waals surface area contributed by atoms with E-state index in [0.29, 0.717) is 18.0 Å². The van der Waals surface area contributed by atoms with Gasteiger partial charge in [-0.25, -0.2) is 4.98 Å². The maximum absolute atomic E-state index is 4.62. The Balaban J connectivity index is 0.00000240. The van der Waals surface area contributed by atoms with Crippen LogP contribution in [0.4, 0.5) is 0 Å². The van der Waals surface area contributed by atoms with Crippen molar-refractivity contribution in [1.29, 1.82) is 0 Å². The highest BCUT2D eigenvalue weighted by molar-refractivity contribution is 14.0. The summed E-state index contributed by atoms with van der Waals surface area (Å²) in [6, 6.07) is 5.32. The third-order valence-corrected chi connectivity index (χ3v) is 7.22. The van der Waals surface area contributed by atoms with Crippen LogP contribution >= 0.6 is 35.3 Å². The van der Waals surface area contributed by atoms with E-state index in [-0.39, 0.29) is 24.0 Å². The Morgan fingerprint density at radius 1 is 1.34 bits per heavy atom. The first-order valence-electron chi connectivity index (χ1n) is 10.5. The van der Waals surface area contributed by atoms with Crippen LogP contribution in [0.2, 0.25) is 0 Å². The zero-order valence-electron chi connectivity index (χ0n) is 17.4. The summed E-state index contributed by atoms with van der Waals surface area (Å²) < 4.78 is 2.25. The third kappa shape index (κ3) is 5.32. The van der Waals surface area contributed by atoms with Crippen LogP contribution in [-0.2, 0) is 0 Å². The predicted molar refractivity (Wildman–Crippen MR) is 131 cm³/mol. The Morgan fingerprint density at radius 3 is 2.83 bits per heavy atom. The molecule has 2 aliphatic rings. The zero-order valence-corrected chi connectivity index (χ0v) is 20.6. The van der Waals surface area contributed by atoms with Crippen molar-refractivity contribution >= 4 is 41.3 Å². The number of piperidine rings is 1. The Hall–Kier alpha value is -1.13. The molecule has 2 fully saturated rings. The SMILES string of the molecule is CN=C(NCC(c1cccs1)N1CCCC1)N1CCC(C)C(n2ccnc2)C1.I. The van der Waals surface area contributed by atoms with Gasteiger partial charge in [-0.15, -0.1) is 35.3 Å². The lowest BCUT2D eigenvalue weighted by molar-refractivity contribution is 0.186. The van der Waals surface area contributed by atoms with Gasteiger partial charge in [0.05, 0.1) is 18.4 Å². The van der Waals surface area contributed by atoms with Gasteiger partial charge in [0.2, 0.25) is 0 Å². The summed E-state index contributed by atoms with van der Waals surface area (Å²) in [6.45, 7) is 7.69. The molecule has 0 radical (unpaired) electrons. The number of hydrogen-bond donors (Lipinski definition) is 1. The fourth-order valence-electron chi connectivity index (χ4n) is 4.56. The van der Waals surface area contributed by atoms with Crippen LogP contribution in [0.15, 0.2) is 41.2 Å². The lowest BCUT2D eigenvalue weighted by Gasteiger charge is -2.39. The molecule has 0 aromatic carbocycles. The largest absolute Gasteiger partial charge is 0.354 e. The fraction of sp³-hybridized carbons (Fsp3) is 0.619. The van der Waals surface area contributed by atoms with E-state index in [9.17, 15) is 0 Å². The molecule has 8 heteroatoms. The van der Waals surface area contributed by atoms with Crippen molar-refractivity contribution < 1.29 is 0 Å². The van der Waals surface area contributed by atoms with Crippen LogP contribution in [-0.4, -0.2) is 65.1 Å². The number of aromatic nitrogens is 2. The Bertz CT molecular complexity index is 741. The molecule has 3 unspecified atom stereocenters. The summed E-state index contributed by atoms with van der Waals surface area (Å²) in [5.74, 6) is 1.67. The first-order valence-corrected chi connectivity index (χ1v) is 11.3. The van der Waals surface area contributed by atoms with Gasteiger partial charge in [0.15, 0.2) is 5.96 Å². The molecule has 0 bridgehead atoms. The van der Waals surface area contributed by atoms with Gasteiger partial charge in [0, 0.05) is 44.0 Å². The molecule has 2 aromatic rings. The minimum absolute atomic E-state index is 0. The first kappa shape index (κ1) is 22.6. The van der Waals surface area contributed by atoms with Gasteiger partial charge in [0.1, 0.15) is 0 Å². The molecule has 0 spiro atoms. The molecule has 4 heterocycles. The second kappa shape index (κ2) is 10.8. The first-order chi connectivity index (χ1) is 13.8. The van der Waals surface area contributed by atoms with E-state index in [2.05, 4.69) is 60.3 Å². The van der Waals surface area contributed by atoms with Crippen molar-refractivity contribution in [2.75, 3.05) is 39.8 Å². The number of thiophene rings is 1. The molecule has 0 saturated carbocycles. The maximum atomic E-state index is 4.62. The normalized spacial score (nSPS) is 24.3. The summed E-state index contributed by atoms with van der Waals surface area (Å²) >= 11 is 1.87. The van der Waals surface area contributed by atoms with E-state index in [4.69, 9.17) is 0 Å². The lowest BCUT2D eigenvalue weighted by atomic mass is 9.93. The van der Waals surface area contributed by atoms with Gasteiger partial charge in [-0.2, -0.15) is 0 Å². The topological polar surface area (TPSA) is 48.7 Å². The van der Waals surface area contributed by atoms with Gasteiger partial charge in [-0.1, -0.05) is 13.0 Å². The molecule has 160 valence electrons. The van der Waals surface area contributed by atoms with Crippen molar-refractivity contribution in [2.45, 2.75) is 38.3 Å². The average molecular weight is 529 g/mol. The molecule has 29 heavy (non-hydrogen) atoms. The highest BCUT2D eigenvalue weighted by Gasteiger charge is 2.30. The Morgan fingerprint density at radius 2 is 2.17 bits per heavy atom. The summed E-state index contributed by atoms with van der Waals surface area (Å²) in [5, 5.41) is 5.89. The molecule has 3 atom stereocenters. The number of aliphatic imine (C=N–C) groups is 1. The van der Waals surface area contributed by atoms with Crippen molar-refractivity contribution in [3.8, 4) is 0 Å². The molecule has 0 aliphatic carbocycles. The smallest absolute Gasteiger partial charge is 0.193 e. The number of imidazole rings is 1. The van der Waals surface area contributed by atoms with Gasteiger partial charge in [-0.3, -0.25) is 9.89 Å². The van der Waals surface area contributed by atoms with Crippen LogP contribution in [0.3, 0.4) is 0 Å². The van der Waals surface area contributed by atoms with E-state index >= 15 is 0 Å². The molecule has 1 N–H and O–H groups in total. The number of rotatable bonds is 5. The van der Waals surface area contributed by atoms with Crippen LogP contribution in [0.1, 0.15) is 43.1 Å². The quantitative estimate of drug-likeness (QED) is 0.364. The molecule has 4 rings (SSSR count). The van der Waals surface area contributed by atoms with E-state index in [1.54, 1.807) is 0 Å². The molecule has 2 saturated heterocycles. The van der Waals surface area contributed by atoms with Gasteiger partial charge in [-0.05, 0) is 49.7 Å².